The second-order valence-electron chi connectivity index (χ2n) is 5.49. The van der Waals surface area contributed by atoms with Crippen LogP contribution in [0.3, 0.4) is 0 Å². The summed E-state index contributed by atoms with van der Waals surface area (Å²) in [6, 6.07) is 12.6. The zero-order valence-corrected chi connectivity index (χ0v) is 13.5. The van der Waals surface area contributed by atoms with Crippen LogP contribution in [0.2, 0.25) is 0 Å². The van der Waals surface area contributed by atoms with Crippen LogP contribution in [0.25, 0.3) is 22.0 Å². The highest BCUT2D eigenvalue weighted by molar-refractivity contribution is 7.89. The van der Waals surface area contributed by atoms with Gasteiger partial charge in [-0.15, -0.1) is 0 Å². The number of H-pyrrole nitrogens is 1. The molecule has 0 aliphatic carbocycles. The molecule has 0 aliphatic rings. The van der Waals surface area contributed by atoms with Crippen molar-refractivity contribution >= 4 is 32.0 Å². The number of nitrogens with one attached hydrogen (secondary N) is 2. The van der Waals surface area contributed by atoms with Gasteiger partial charge in [-0.05, 0) is 30.2 Å². The monoisotopic (exact) mass is 341 g/mol. The summed E-state index contributed by atoms with van der Waals surface area (Å²) in [7, 11) is -3.58. The molecular weight excluding hydrogens is 326 g/mol. The van der Waals surface area contributed by atoms with Crippen molar-refractivity contribution in [2.75, 3.05) is 6.54 Å². The predicted octanol–water partition coefficient (Wildman–Crippen LogP) is 2.83. The Morgan fingerprint density at radius 3 is 2.96 bits per heavy atom. The normalized spacial score (nSPS) is 12.2. The van der Waals surface area contributed by atoms with Gasteiger partial charge in [0.15, 0.2) is 12.0 Å². The quantitative estimate of drug-likeness (QED) is 0.584. The Bertz CT molecular complexity index is 1110. The number of fused-ring (bicyclic) bond motifs is 2. The molecule has 0 atom stereocenters. The van der Waals surface area contributed by atoms with Gasteiger partial charge in [0.2, 0.25) is 10.0 Å². The first-order valence-corrected chi connectivity index (χ1v) is 9.00. The van der Waals surface area contributed by atoms with Crippen molar-refractivity contribution < 1.29 is 12.8 Å². The third-order valence-corrected chi connectivity index (χ3v) is 5.43. The molecule has 0 fully saturated rings. The number of benzene rings is 2. The summed E-state index contributed by atoms with van der Waals surface area (Å²) in [5, 5.41) is 1.11. The fourth-order valence-electron chi connectivity index (χ4n) is 2.74. The summed E-state index contributed by atoms with van der Waals surface area (Å²) < 4.78 is 32.6. The van der Waals surface area contributed by atoms with Crippen LogP contribution in [0.1, 0.15) is 5.56 Å². The van der Waals surface area contributed by atoms with Crippen LogP contribution in [0, 0.1) is 0 Å². The van der Waals surface area contributed by atoms with Crippen molar-refractivity contribution in [2.24, 2.45) is 0 Å². The highest BCUT2D eigenvalue weighted by atomic mass is 32.2. The molecular formula is C17H15N3O3S. The van der Waals surface area contributed by atoms with Gasteiger partial charge in [0.05, 0.1) is 4.90 Å². The number of aromatic amines is 1. The van der Waals surface area contributed by atoms with E-state index in [1.54, 1.807) is 6.07 Å². The summed E-state index contributed by atoms with van der Waals surface area (Å²) in [6.45, 7) is 0.318. The second kappa shape index (κ2) is 5.77. The standard InChI is InChI=1S/C17H15N3O3S/c21-24(22,13-5-6-16-17(9-13)23-11-19-16)20-8-7-12-10-18-15-4-2-1-3-14(12)15/h1-6,9-11,18,20H,7-8H2. The molecule has 0 amide bonds. The molecule has 24 heavy (non-hydrogen) atoms. The molecule has 0 aliphatic heterocycles. The van der Waals surface area contributed by atoms with Crippen molar-refractivity contribution in [3.63, 3.8) is 0 Å². The van der Waals surface area contributed by atoms with Crippen LogP contribution in [-0.4, -0.2) is 24.9 Å². The maximum absolute atomic E-state index is 12.4. The summed E-state index contributed by atoms with van der Waals surface area (Å²) in [4.78, 5) is 7.34. The molecule has 0 saturated heterocycles. The Kier molecular flexibility index (Phi) is 3.59. The van der Waals surface area contributed by atoms with E-state index in [1.807, 2.05) is 30.5 Å². The average molecular weight is 341 g/mol. The van der Waals surface area contributed by atoms with Crippen molar-refractivity contribution in [1.29, 1.82) is 0 Å². The van der Waals surface area contributed by atoms with Gasteiger partial charge in [-0.25, -0.2) is 18.1 Å². The number of aromatic nitrogens is 2. The topological polar surface area (TPSA) is 88.0 Å². The van der Waals surface area contributed by atoms with E-state index in [0.29, 0.717) is 24.1 Å². The van der Waals surface area contributed by atoms with Gasteiger partial charge < -0.3 is 9.40 Å². The maximum atomic E-state index is 12.4. The third-order valence-electron chi connectivity index (χ3n) is 3.97. The number of nitrogens with zero attached hydrogens (tertiary/aromatic N) is 1. The van der Waals surface area contributed by atoms with E-state index in [9.17, 15) is 8.42 Å². The number of hydrogen-bond acceptors (Lipinski definition) is 4. The number of rotatable bonds is 5. The minimum Gasteiger partial charge on any atom is -0.443 e. The number of hydrogen-bond donors (Lipinski definition) is 2. The molecule has 4 aromatic rings. The summed E-state index contributed by atoms with van der Waals surface area (Å²) in [5.74, 6) is 0. The molecule has 2 aromatic carbocycles. The van der Waals surface area contributed by atoms with E-state index in [1.165, 1.54) is 18.5 Å². The Morgan fingerprint density at radius 1 is 1.17 bits per heavy atom. The number of sulfonamides is 1. The average Bonchev–Trinajstić information content (AvgIpc) is 3.21. The molecule has 0 unspecified atom stereocenters. The number of oxazole rings is 1. The summed E-state index contributed by atoms with van der Waals surface area (Å²) in [5.41, 5.74) is 3.22. The summed E-state index contributed by atoms with van der Waals surface area (Å²) >= 11 is 0. The van der Waals surface area contributed by atoms with Gasteiger partial charge in [-0.1, -0.05) is 18.2 Å². The van der Waals surface area contributed by atoms with E-state index in [2.05, 4.69) is 14.7 Å². The first kappa shape index (κ1) is 14.9. The van der Waals surface area contributed by atoms with Gasteiger partial charge in [-0.3, -0.25) is 0 Å². The molecule has 122 valence electrons. The maximum Gasteiger partial charge on any atom is 0.240 e. The lowest BCUT2D eigenvalue weighted by Crippen LogP contribution is -2.25. The fourth-order valence-corrected chi connectivity index (χ4v) is 3.79. The molecule has 2 N–H and O–H groups in total. The smallest absolute Gasteiger partial charge is 0.240 e. The minimum absolute atomic E-state index is 0.172. The Labute approximate surface area is 138 Å². The fraction of sp³-hybridized carbons (Fsp3) is 0.118. The van der Waals surface area contributed by atoms with Crippen LogP contribution in [0.15, 0.2) is 64.4 Å². The molecule has 2 heterocycles. The highest BCUT2D eigenvalue weighted by Crippen LogP contribution is 2.19. The largest absolute Gasteiger partial charge is 0.443 e. The molecule has 0 bridgehead atoms. The molecule has 7 heteroatoms. The molecule has 6 nitrogen and oxygen atoms in total. The Balaban J connectivity index is 1.50. The summed E-state index contributed by atoms with van der Waals surface area (Å²) in [6.07, 6.45) is 3.82. The van der Waals surface area contributed by atoms with E-state index < -0.39 is 10.0 Å². The van der Waals surface area contributed by atoms with Gasteiger partial charge >= 0.3 is 0 Å². The molecule has 4 rings (SSSR count). The van der Waals surface area contributed by atoms with E-state index >= 15 is 0 Å². The van der Waals surface area contributed by atoms with Crippen LogP contribution >= 0.6 is 0 Å². The lowest BCUT2D eigenvalue weighted by Gasteiger charge is -2.06. The minimum atomic E-state index is -3.58. The second-order valence-corrected chi connectivity index (χ2v) is 7.26. The van der Waals surface area contributed by atoms with Gasteiger partial charge in [0.25, 0.3) is 0 Å². The molecule has 0 radical (unpaired) electrons. The van der Waals surface area contributed by atoms with Crippen LogP contribution < -0.4 is 4.72 Å². The first-order chi connectivity index (χ1) is 11.6. The predicted molar refractivity (Wildman–Crippen MR) is 91.2 cm³/mol. The van der Waals surface area contributed by atoms with Crippen LogP contribution in [0.4, 0.5) is 0 Å². The number of para-hydroxylation sites is 1. The van der Waals surface area contributed by atoms with Crippen LogP contribution in [-0.2, 0) is 16.4 Å². The molecule has 2 aromatic heterocycles. The highest BCUT2D eigenvalue weighted by Gasteiger charge is 2.15. The van der Waals surface area contributed by atoms with Crippen molar-refractivity contribution in [3.8, 4) is 0 Å². The van der Waals surface area contributed by atoms with Gasteiger partial charge in [0, 0.05) is 29.7 Å². The van der Waals surface area contributed by atoms with Crippen molar-refractivity contribution in [1.82, 2.24) is 14.7 Å². The zero-order chi connectivity index (χ0) is 16.6. The van der Waals surface area contributed by atoms with Crippen molar-refractivity contribution in [2.45, 2.75) is 11.3 Å². The SMILES string of the molecule is O=S(=O)(NCCc1c[nH]c2ccccc12)c1ccc2ncoc2c1. The van der Waals surface area contributed by atoms with E-state index in [-0.39, 0.29) is 4.90 Å². The van der Waals surface area contributed by atoms with Gasteiger partial charge in [-0.2, -0.15) is 0 Å². The van der Waals surface area contributed by atoms with Crippen LogP contribution in [0.5, 0.6) is 0 Å². The lowest BCUT2D eigenvalue weighted by atomic mass is 10.1. The first-order valence-electron chi connectivity index (χ1n) is 7.51. The van der Waals surface area contributed by atoms with E-state index in [0.717, 1.165) is 16.5 Å². The third kappa shape index (κ3) is 2.68. The van der Waals surface area contributed by atoms with E-state index in [4.69, 9.17) is 4.42 Å². The molecule has 0 saturated carbocycles. The van der Waals surface area contributed by atoms with Crippen molar-refractivity contribution in [3.05, 3.63) is 60.6 Å². The molecule has 0 spiro atoms. The Morgan fingerprint density at radius 2 is 2.04 bits per heavy atom. The van der Waals surface area contributed by atoms with Gasteiger partial charge in [0.1, 0.15) is 5.52 Å². The Hall–Kier alpha value is -2.64. The lowest BCUT2D eigenvalue weighted by molar-refractivity contribution is 0.579. The zero-order valence-electron chi connectivity index (χ0n) is 12.7.